The van der Waals surface area contributed by atoms with Crippen LogP contribution >= 0.6 is 0 Å². The van der Waals surface area contributed by atoms with E-state index >= 15 is 0 Å². The maximum absolute atomic E-state index is 12.5. The van der Waals surface area contributed by atoms with Crippen molar-refractivity contribution in [2.75, 3.05) is 26.2 Å². The third-order valence-corrected chi connectivity index (χ3v) is 5.44. The molecule has 0 aromatic carbocycles. The third-order valence-electron chi connectivity index (χ3n) is 5.44. The van der Waals surface area contributed by atoms with E-state index in [1.807, 2.05) is 17.2 Å². The van der Waals surface area contributed by atoms with Crippen LogP contribution in [0, 0.1) is 18.8 Å². The van der Waals surface area contributed by atoms with Crippen molar-refractivity contribution in [2.45, 2.75) is 25.8 Å². The number of aliphatic carboxylic acids is 2. The van der Waals surface area contributed by atoms with Crippen molar-refractivity contribution in [1.29, 1.82) is 0 Å². The fraction of sp³-hybridized carbons (Fsp3) is 0.476. The summed E-state index contributed by atoms with van der Waals surface area (Å²) in [4.78, 5) is 38.9. The Balaban J connectivity index is 0.000000286. The lowest BCUT2D eigenvalue weighted by Gasteiger charge is -2.21. The normalized spacial score (nSPS) is 19.3. The Morgan fingerprint density at radius 3 is 1.86 bits per heavy atom. The molecule has 0 aliphatic carbocycles. The van der Waals surface area contributed by atoms with Gasteiger partial charge in [0.2, 0.25) is 0 Å². The second-order valence-electron chi connectivity index (χ2n) is 8.19. The van der Waals surface area contributed by atoms with Crippen molar-refractivity contribution in [2.24, 2.45) is 11.8 Å². The number of halogens is 6. The molecule has 16 heteroatoms. The zero-order valence-electron chi connectivity index (χ0n) is 19.2. The highest BCUT2D eigenvalue weighted by molar-refractivity contribution is 5.95. The third kappa shape index (κ3) is 8.73. The lowest BCUT2D eigenvalue weighted by Crippen LogP contribution is -2.33. The van der Waals surface area contributed by atoms with Gasteiger partial charge in [-0.15, -0.1) is 0 Å². The van der Waals surface area contributed by atoms with E-state index in [9.17, 15) is 31.1 Å². The van der Waals surface area contributed by atoms with Gasteiger partial charge in [0.25, 0.3) is 5.91 Å². The van der Waals surface area contributed by atoms with Gasteiger partial charge in [-0.2, -0.15) is 26.3 Å². The number of aromatic nitrogens is 2. The fourth-order valence-electron chi connectivity index (χ4n) is 3.81. The lowest BCUT2D eigenvalue weighted by atomic mass is 10.0. The van der Waals surface area contributed by atoms with E-state index < -0.39 is 24.3 Å². The average molecular weight is 540 g/mol. The van der Waals surface area contributed by atoms with Crippen LogP contribution in [0.5, 0.6) is 0 Å². The van der Waals surface area contributed by atoms with Gasteiger partial charge in [0, 0.05) is 45.1 Å². The summed E-state index contributed by atoms with van der Waals surface area (Å²) in [5.74, 6) is -3.73. The molecule has 0 unspecified atom stereocenters. The average Bonchev–Trinajstić information content (AvgIpc) is 3.48. The fourth-order valence-corrected chi connectivity index (χ4v) is 3.81. The molecular formula is C21H22F6N4O6. The Kier molecular flexibility index (Phi) is 9.61. The molecule has 2 N–H and O–H groups in total. The van der Waals surface area contributed by atoms with Crippen LogP contribution in [0.15, 0.2) is 35.2 Å². The second-order valence-corrected chi connectivity index (χ2v) is 8.19. The molecule has 1 amide bonds. The second kappa shape index (κ2) is 12.0. The van der Waals surface area contributed by atoms with Crippen LogP contribution in [0.3, 0.4) is 0 Å². The number of amides is 1. The highest BCUT2D eigenvalue weighted by Crippen LogP contribution is 2.32. The van der Waals surface area contributed by atoms with Gasteiger partial charge in [0.1, 0.15) is 11.3 Å². The number of carbonyl (C=O) groups is 3. The number of fused-ring (bicyclic) bond motifs is 1. The van der Waals surface area contributed by atoms with Gasteiger partial charge in [-0.05, 0) is 30.4 Å². The molecule has 10 nitrogen and oxygen atoms in total. The quantitative estimate of drug-likeness (QED) is 0.563. The summed E-state index contributed by atoms with van der Waals surface area (Å²) in [6.45, 7) is 6.49. The van der Waals surface area contributed by atoms with Crippen LogP contribution in [0.25, 0.3) is 0 Å². The summed E-state index contributed by atoms with van der Waals surface area (Å²) in [5.41, 5.74) is 1.85. The predicted molar refractivity (Wildman–Crippen MR) is 111 cm³/mol. The van der Waals surface area contributed by atoms with Gasteiger partial charge < -0.3 is 19.6 Å². The minimum Gasteiger partial charge on any atom is -0.475 e. The number of aryl methyl sites for hydroxylation is 1. The molecule has 2 aromatic heterocycles. The number of carboxylic acid groups (broad SMARTS) is 2. The Hall–Kier alpha value is -3.69. The minimum atomic E-state index is -5.08. The standard InChI is InChI=1S/C17H20N4O2.2C2HF3O2/c1-12-16(6-19-23-12)17(22)21-10-14-8-20(9-15(14)11-21)7-13-3-2-4-18-5-13;2*3-2(4,5)1(6)7/h2-6,14-15H,7-11H2,1H3;2*(H,6,7)/t14-,15+;;. The SMILES string of the molecule is Cc1oncc1C(=O)N1C[C@H]2CN(Cc3cccnc3)C[C@H]2C1.O=C(O)C(F)(F)F.O=C(O)C(F)(F)F. The number of hydrogen-bond acceptors (Lipinski definition) is 7. The molecule has 0 saturated carbocycles. The van der Waals surface area contributed by atoms with Gasteiger partial charge in [-0.25, -0.2) is 9.59 Å². The lowest BCUT2D eigenvalue weighted by molar-refractivity contribution is -0.193. The molecule has 4 heterocycles. The van der Waals surface area contributed by atoms with E-state index in [-0.39, 0.29) is 5.91 Å². The molecule has 2 saturated heterocycles. The summed E-state index contributed by atoms with van der Waals surface area (Å²) >= 11 is 0. The number of rotatable bonds is 3. The zero-order valence-corrected chi connectivity index (χ0v) is 19.2. The number of alkyl halides is 6. The molecule has 4 rings (SSSR count). The van der Waals surface area contributed by atoms with Gasteiger partial charge in [0.15, 0.2) is 0 Å². The summed E-state index contributed by atoms with van der Waals surface area (Å²) < 4.78 is 68.5. The number of nitrogens with zero attached hydrogens (tertiary/aromatic N) is 4. The molecule has 0 bridgehead atoms. The zero-order chi connectivity index (χ0) is 28.0. The van der Waals surface area contributed by atoms with Crippen LogP contribution in [-0.2, 0) is 16.1 Å². The van der Waals surface area contributed by atoms with Crippen molar-refractivity contribution >= 4 is 17.8 Å². The Morgan fingerprint density at radius 1 is 0.973 bits per heavy atom. The molecule has 2 aliphatic rings. The molecule has 0 radical (unpaired) electrons. The number of pyridine rings is 1. The van der Waals surface area contributed by atoms with E-state index in [1.54, 1.807) is 13.1 Å². The van der Waals surface area contributed by atoms with Gasteiger partial charge in [-0.3, -0.25) is 14.7 Å². The molecule has 2 aliphatic heterocycles. The Morgan fingerprint density at radius 2 is 1.49 bits per heavy atom. The smallest absolute Gasteiger partial charge is 0.475 e. The van der Waals surface area contributed by atoms with Crippen molar-refractivity contribution in [1.82, 2.24) is 19.9 Å². The molecule has 37 heavy (non-hydrogen) atoms. The first-order valence-corrected chi connectivity index (χ1v) is 10.5. The molecule has 204 valence electrons. The predicted octanol–water partition coefficient (Wildman–Crippen LogP) is 2.85. The molecule has 0 spiro atoms. The van der Waals surface area contributed by atoms with Crippen LogP contribution in [0.4, 0.5) is 26.3 Å². The first kappa shape index (κ1) is 29.5. The molecule has 2 atom stereocenters. The molecule has 2 fully saturated rings. The van der Waals surface area contributed by atoms with E-state index in [0.29, 0.717) is 23.2 Å². The van der Waals surface area contributed by atoms with E-state index in [4.69, 9.17) is 24.3 Å². The highest BCUT2D eigenvalue weighted by Gasteiger charge is 2.42. The van der Waals surface area contributed by atoms with Crippen molar-refractivity contribution < 1.29 is 55.5 Å². The van der Waals surface area contributed by atoms with Gasteiger partial charge >= 0.3 is 24.3 Å². The van der Waals surface area contributed by atoms with Crippen LogP contribution < -0.4 is 0 Å². The number of hydrogen-bond donors (Lipinski definition) is 2. The summed E-state index contributed by atoms with van der Waals surface area (Å²) in [5, 5.41) is 18.0. The Labute approximate surface area is 205 Å². The molecule has 2 aromatic rings. The maximum Gasteiger partial charge on any atom is 0.490 e. The van der Waals surface area contributed by atoms with Gasteiger partial charge in [0.05, 0.1) is 6.20 Å². The van der Waals surface area contributed by atoms with Crippen LogP contribution in [0.1, 0.15) is 21.7 Å². The Bertz CT molecular complexity index is 1040. The van der Waals surface area contributed by atoms with E-state index in [0.717, 1.165) is 32.7 Å². The summed E-state index contributed by atoms with van der Waals surface area (Å²) in [6.07, 6.45) is -4.91. The number of carbonyl (C=O) groups excluding carboxylic acids is 1. The van der Waals surface area contributed by atoms with Crippen molar-refractivity contribution in [3.8, 4) is 0 Å². The van der Waals surface area contributed by atoms with Crippen molar-refractivity contribution in [3.63, 3.8) is 0 Å². The van der Waals surface area contributed by atoms with Crippen molar-refractivity contribution in [3.05, 3.63) is 47.6 Å². The first-order valence-electron chi connectivity index (χ1n) is 10.5. The minimum absolute atomic E-state index is 0.0527. The van der Waals surface area contributed by atoms with Crippen LogP contribution in [0.2, 0.25) is 0 Å². The number of carboxylic acids is 2. The van der Waals surface area contributed by atoms with Crippen LogP contribution in [-0.4, -0.2) is 86.5 Å². The highest BCUT2D eigenvalue weighted by atomic mass is 19.4. The summed E-state index contributed by atoms with van der Waals surface area (Å²) in [6, 6.07) is 4.10. The maximum atomic E-state index is 12.5. The first-order chi connectivity index (χ1) is 17.1. The monoisotopic (exact) mass is 540 g/mol. The van der Waals surface area contributed by atoms with E-state index in [2.05, 4.69) is 21.1 Å². The largest absolute Gasteiger partial charge is 0.490 e. The van der Waals surface area contributed by atoms with Gasteiger partial charge in [-0.1, -0.05) is 11.2 Å². The number of likely N-dealkylation sites (tertiary alicyclic amines) is 2. The topological polar surface area (TPSA) is 137 Å². The molecular weight excluding hydrogens is 518 g/mol. The van der Waals surface area contributed by atoms with E-state index in [1.165, 1.54) is 11.8 Å². The summed E-state index contributed by atoms with van der Waals surface area (Å²) in [7, 11) is 0.